The van der Waals surface area contributed by atoms with E-state index in [9.17, 15) is 13.2 Å². The van der Waals surface area contributed by atoms with Crippen LogP contribution in [0.25, 0.3) is 0 Å². The third-order valence-corrected chi connectivity index (χ3v) is 7.84. The molecule has 1 aliphatic carbocycles. The van der Waals surface area contributed by atoms with Gasteiger partial charge < -0.3 is 10.1 Å². The second-order valence-corrected chi connectivity index (χ2v) is 9.47. The van der Waals surface area contributed by atoms with Crippen LogP contribution in [-0.4, -0.2) is 50.5 Å². The van der Waals surface area contributed by atoms with Crippen LogP contribution in [0.4, 0.5) is 0 Å². The van der Waals surface area contributed by atoms with Crippen LogP contribution in [-0.2, 0) is 14.8 Å². The van der Waals surface area contributed by atoms with Crippen molar-refractivity contribution in [2.75, 3.05) is 26.3 Å². The minimum absolute atomic E-state index is 0.164. The third kappa shape index (κ3) is 3.60. The fraction of sp³-hybridized carbons (Fsp3) is 0.667. The Morgan fingerprint density at radius 1 is 1.30 bits per heavy atom. The lowest BCUT2D eigenvalue weighted by molar-refractivity contribution is 0.0731. The lowest BCUT2D eigenvalue weighted by Crippen LogP contribution is -2.43. The molecule has 2 aliphatic rings. The van der Waals surface area contributed by atoms with Crippen molar-refractivity contribution in [1.82, 2.24) is 9.62 Å². The molecule has 0 radical (unpaired) electrons. The summed E-state index contributed by atoms with van der Waals surface area (Å²) in [5.41, 5.74) is 0.261. The molecule has 3 rings (SSSR count). The maximum absolute atomic E-state index is 12.6. The molecule has 1 saturated carbocycles. The Labute approximate surface area is 140 Å². The average molecular weight is 358 g/mol. The number of nitrogens with one attached hydrogen (secondary N) is 1. The van der Waals surface area contributed by atoms with E-state index in [1.807, 2.05) is 0 Å². The minimum atomic E-state index is -3.53. The Bertz CT molecular complexity index is 671. The molecule has 1 amide bonds. The molecule has 1 aromatic heterocycles. The van der Waals surface area contributed by atoms with Gasteiger partial charge in [0.1, 0.15) is 4.21 Å². The Morgan fingerprint density at radius 3 is 2.61 bits per heavy atom. The number of carbonyl (C=O) groups is 1. The van der Waals surface area contributed by atoms with E-state index in [2.05, 4.69) is 12.2 Å². The molecule has 0 bridgehead atoms. The van der Waals surface area contributed by atoms with E-state index < -0.39 is 10.0 Å². The molecule has 1 aromatic rings. The number of amides is 1. The van der Waals surface area contributed by atoms with Gasteiger partial charge in [-0.25, -0.2) is 8.42 Å². The molecule has 23 heavy (non-hydrogen) atoms. The number of sulfonamides is 1. The molecule has 8 heteroatoms. The molecule has 0 unspecified atom stereocenters. The fourth-order valence-electron chi connectivity index (χ4n) is 3.11. The Hall–Kier alpha value is -0.960. The summed E-state index contributed by atoms with van der Waals surface area (Å²) in [6.45, 7) is 3.60. The first-order valence-electron chi connectivity index (χ1n) is 7.90. The van der Waals surface area contributed by atoms with Crippen LogP contribution >= 0.6 is 11.3 Å². The van der Waals surface area contributed by atoms with Gasteiger partial charge in [-0.3, -0.25) is 4.79 Å². The van der Waals surface area contributed by atoms with Crippen LogP contribution in [0.5, 0.6) is 0 Å². The Balaban J connectivity index is 1.73. The van der Waals surface area contributed by atoms with Crippen molar-refractivity contribution >= 4 is 27.3 Å². The van der Waals surface area contributed by atoms with Crippen molar-refractivity contribution in [1.29, 1.82) is 0 Å². The highest BCUT2D eigenvalue weighted by Gasteiger charge is 2.32. The van der Waals surface area contributed by atoms with Crippen molar-refractivity contribution in [2.24, 2.45) is 0 Å². The van der Waals surface area contributed by atoms with E-state index in [0.717, 1.165) is 37.0 Å². The molecule has 1 N–H and O–H groups in total. The predicted octanol–water partition coefficient (Wildman–Crippen LogP) is 1.83. The maximum atomic E-state index is 12.6. The van der Waals surface area contributed by atoms with Gasteiger partial charge in [0.05, 0.1) is 18.8 Å². The van der Waals surface area contributed by atoms with Crippen LogP contribution in [0.3, 0.4) is 0 Å². The predicted molar refractivity (Wildman–Crippen MR) is 88.2 cm³/mol. The van der Waals surface area contributed by atoms with Gasteiger partial charge >= 0.3 is 0 Å². The van der Waals surface area contributed by atoms with Gasteiger partial charge in [-0.1, -0.05) is 12.8 Å². The first kappa shape index (κ1) is 16.9. The summed E-state index contributed by atoms with van der Waals surface area (Å²) in [6, 6.07) is 1.49. The van der Waals surface area contributed by atoms with Crippen molar-refractivity contribution in [3.8, 4) is 0 Å². The van der Waals surface area contributed by atoms with E-state index in [1.54, 1.807) is 5.38 Å². The summed E-state index contributed by atoms with van der Waals surface area (Å²) >= 11 is 1.10. The number of hydrogen-bond acceptors (Lipinski definition) is 5. The van der Waals surface area contributed by atoms with E-state index in [1.165, 1.54) is 10.4 Å². The monoisotopic (exact) mass is 358 g/mol. The number of morpholine rings is 1. The summed E-state index contributed by atoms with van der Waals surface area (Å²) in [7, 11) is -3.53. The van der Waals surface area contributed by atoms with Crippen LogP contribution in [0, 0.1) is 0 Å². The number of nitrogens with zero attached hydrogens (tertiary/aromatic N) is 1. The zero-order valence-electron chi connectivity index (χ0n) is 13.2. The number of hydrogen-bond donors (Lipinski definition) is 1. The first-order valence-corrected chi connectivity index (χ1v) is 10.2. The molecule has 128 valence electrons. The highest BCUT2D eigenvalue weighted by Crippen LogP contribution is 2.30. The minimum Gasteiger partial charge on any atom is -0.379 e. The molecule has 0 atom stereocenters. The quantitative estimate of drug-likeness (QED) is 0.891. The van der Waals surface area contributed by atoms with Crippen molar-refractivity contribution in [2.45, 2.75) is 42.4 Å². The summed E-state index contributed by atoms with van der Waals surface area (Å²) in [5.74, 6) is -0.186. The zero-order chi connectivity index (χ0) is 16.5. The van der Waals surface area contributed by atoms with Gasteiger partial charge in [0, 0.05) is 24.0 Å². The maximum Gasteiger partial charge on any atom is 0.252 e. The highest BCUT2D eigenvalue weighted by molar-refractivity contribution is 7.91. The smallest absolute Gasteiger partial charge is 0.252 e. The first-order chi connectivity index (χ1) is 10.9. The van der Waals surface area contributed by atoms with Gasteiger partial charge in [-0.2, -0.15) is 4.31 Å². The molecule has 0 spiro atoms. The van der Waals surface area contributed by atoms with Crippen molar-refractivity contribution in [3.63, 3.8) is 0 Å². The topological polar surface area (TPSA) is 75.7 Å². The van der Waals surface area contributed by atoms with E-state index in [4.69, 9.17) is 4.74 Å². The van der Waals surface area contributed by atoms with Gasteiger partial charge in [0.25, 0.3) is 15.9 Å². The summed E-state index contributed by atoms with van der Waals surface area (Å²) in [4.78, 5) is 12.4. The largest absolute Gasteiger partial charge is 0.379 e. The number of thiophene rings is 1. The second-order valence-electron chi connectivity index (χ2n) is 6.39. The van der Waals surface area contributed by atoms with Gasteiger partial charge in [0.2, 0.25) is 0 Å². The van der Waals surface area contributed by atoms with E-state index >= 15 is 0 Å². The van der Waals surface area contributed by atoms with Crippen molar-refractivity contribution < 1.29 is 17.9 Å². The standard InChI is InChI=1S/C15H22N2O4S2/c1-15(4-2-3-5-15)16-14(18)12-10-13(22-11-12)23(19,20)17-6-8-21-9-7-17/h10-11H,2-9H2,1H3,(H,16,18). The third-order valence-electron chi connectivity index (χ3n) is 4.52. The molecule has 0 aromatic carbocycles. The Kier molecular flexibility index (Phi) is 4.78. The average Bonchev–Trinajstić information content (AvgIpc) is 3.18. The van der Waals surface area contributed by atoms with E-state index in [0.29, 0.717) is 31.9 Å². The second kappa shape index (κ2) is 6.51. The molecule has 1 aliphatic heterocycles. The molecule has 6 nitrogen and oxygen atoms in total. The van der Waals surface area contributed by atoms with E-state index in [-0.39, 0.29) is 15.7 Å². The number of ether oxygens (including phenoxy) is 1. The van der Waals surface area contributed by atoms with Crippen molar-refractivity contribution in [3.05, 3.63) is 17.0 Å². The van der Waals surface area contributed by atoms with Crippen LogP contribution in [0.15, 0.2) is 15.7 Å². The zero-order valence-corrected chi connectivity index (χ0v) is 14.8. The molecular weight excluding hydrogens is 336 g/mol. The number of carbonyl (C=O) groups excluding carboxylic acids is 1. The molecular formula is C15H22N2O4S2. The van der Waals surface area contributed by atoms with Gasteiger partial charge in [-0.05, 0) is 25.8 Å². The van der Waals surface area contributed by atoms with Gasteiger partial charge in [0.15, 0.2) is 0 Å². The van der Waals surface area contributed by atoms with Gasteiger partial charge in [-0.15, -0.1) is 11.3 Å². The SMILES string of the molecule is CC1(NC(=O)c2csc(S(=O)(=O)N3CCOCC3)c2)CCCC1. The Morgan fingerprint density at radius 2 is 1.96 bits per heavy atom. The normalized spacial score (nSPS) is 22.1. The fourth-order valence-corrected chi connectivity index (χ4v) is 5.83. The van der Waals surface area contributed by atoms with Crippen LogP contribution in [0.2, 0.25) is 0 Å². The molecule has 2 heterocycles. The molecule has 1 saturated heterocycles. The highest BCUT2D eigenvalue weighted by atomic mass is 32.2. The summed E-state index contributed by atoms with van der Waals surface area (Å²) in [5, 5.41) is 4.68. The summed E-state index contributed by atoms with van der Waals surface area (Å²) in [6.07, 6.45) is 4.19. The molecule has 2 fully saturated rings. The lowest BCUT2D eigenvalue weighted by atomic mass is 10.0. The van der Waals surface area contributed by atoms with Crippen LogP contribution < -0.4 is 5.32 Å². The lowest BCUT2D eigenvalue weighted by Gasteiger charge is -2.25. The number of rotatable bonds is 4. The van der Waals surface area contributed by atoms with Crippen LogP contribution in [0.1, 0.15) is 43.0 Å². The summed E-state index contributed by atoms with van der Waals surface area (Å²) < 4.78 is 32.0.